The van der Waals surface area contributed by atoms with E-state index in [2.05, 4.69) is 5.16 Å². The minimum absolute atomic E-state index is 0.219. The van der Waals surface area contributed by atoms with Crippen molar-refractivity contribution in [2.75, 3.05) is 0 Å². The molecule has 1 heterocycles. The molecule has 1 aromatic heterocycles. The zero-order valence-corrected chi connectivity index (χ0v) is 7.38. The number of benzene rings is 1. The summed E-state index contributed by atoms with van der Waals surface area (Å²) in [6.07, 6.45) is 1.56. The van der Waals surface area contributed by atoms with E-state index in [4.69, 9.17) is 14.4 Å². The third-order valence-corrected chi connectivity index (χ3v) is 1.71. The summed E-state index contributed by atoms with van der Waals surface area (Å²) >= 11 is 0. The van der Waals surface area contributed by atoms with E-state index in [0.29, 0.717) is 18.1 Å². The average molecular weight is 191 g/mol. The van der Waals surface area contributed by atoms with E-state index in [1.807, 2.05) is 0 Å². The maximum absolute atomic E-state index is 9.02. The van der Waals surface area contributed by atoms with Gasteiger partial charge in [-0.05, 0) is 24.3 Å². The van der Waals surface area contributed by atoms with Crippen LogP contribution in [0.25, 0.3) is 0 Å². The maximum atomic E-state index is 9.02. The molecule has 0 atom stereocenters. The van der Waals surface area contributed by atoms with Crippen LogP contribution in [0.3, 0.4) is 0 Å². The number of aromatic nitrogens is 1. The summed E-state index contributed by atoms with van der Waals surface area (Å²) in [5.41, 5.74) is 0. The lowest BCUT2D eigenvalue weighted by Gasteiger charge is -2.02. The molecule has 2 aromatic rings. The van der Waals surface area contributed by atoms with Gasteiger partial charge < -0.3 is 14.4 Å². The third-order valence-electron chi connectivity index (χ3n) is 1.71. The molecular formula is C10H9NO3. The van der Waals surface area contributed by atoms with Crippen molar-refractivity contribution in [2.45, 2.75) is 6.61 Å². The summed E-state index contributed by atoms with van der Waals surface area (Å²) in [5, 5.41) is 12.6. The van der Waals surface area contributed by atoms with Crippen LogP contribution in [0.4, 0.5) is 0 Å². The lowest BCUT2D eigenvalue weighted by atomic mass is 10.3. The maximum Gasteiger partial charge on any atom is 0.174 e. The van der Waals surface area contributed by atoms with Crippen molar-refractivity contribution < 1.29 is 14.4 Å². The Labute approximate surface area is 80.7 Å². The van der Waals surface area contributed by atoms with Gasteiger partial charge in [0.05, 0.1) is 6.20 Å². The fourth-order valence-corrected chi connectivity index (χ4v) is 1.01. The Kier molecular flexibility index (Phi) is 2.36. The summed E-state index contributed by atoms with van der Waals surface area (Å²) in [5.74, 6) is 1.56. The second kappa shape index (κ2) is 3.83. The van der Waals surface area contributed by atoms with E-state index >= 15 is 0 Å². The van der Waals surface area contributed by atoms with Crippen LogP contribution in [-0.4, -0.2) is 10.3 Å². The van der Waals surface area contributed by atoms with Gasteiger partial charge in [-0.25, -0.2) is 0 Å². The molecule has 0 radical (unpaired) electrons. The number of aromatic hydroxyl groups is 1. The first kappa shape index (κ1) is 8.62. The molecule has 4 nitrogen and oxygen atoms in total. The van der Waals surface area contributed by atoms with Crippen molar-refractivity contribution in [3.05, 3.63) is 42.3 Å². The normalized spacial score (nSPS) is 10.0. The molecule has 0 unspecified atom stereocenters. The Bertz CT molecular complexity index is 380. The van der Waals surface area contributed by atoms with Gasteiger partial charge in [-0.1, -0.05) is 5.16 Å². The van der Waals surface area contributed by atoms with Crippen LogP contribution in [0.1, 0.15) is 5.76 Å². The summed E-state index contributed by atoms with van der Waals surface area (Å²) in [7, 11) is 0. The van der Waals surface area contributed by atoms with E-state index < -0.39 is 0 Å². The largest absolute Gasteiger partial charge is 0.508 e. The Morgan fingerprint density at radius 1 is 1.21 bits per heavy atom. The topological polar surface area (TPSA) is 55.5 Å². The van der Waals surface area contributed by atoms with E-state index in [0.717, 1.165) is 0 Å². The molecule has 72 valence electrons. The van der Waals surface area contributed by atoms with Crippen LogP contribution < -0.4 is 4.74 Å². The molecule has 1 aromatic carbocycles. The van der Waals surface area contributed by atoms with Crippen molar-refractivity contribution in [3.8, 4) is 11.5 Å². The van der Waals surface area contributed by atoms with Crippen LogP contribution in [-0.2, 0) is 6.61 Å². The van der Waals surface area contributed by atoms with Crippen LogP contribution in [0.2, 0.25) is 0 Å². The number of rotatable bonds is 3. The van der Waals surface area contributed by atoms with Gasteiger partial charge in [0.1, 0.15) is 18.1 Å². The number of hydrogen-bond donors (Lipinski definition) is 1. The molecule has 0 spiro atoms. The molecule has 0 aliphatic carbocycles. The van der Waals surface area contributed by atoms with Crippen molar-refractivity contribution in [1.29, 1.82) is 0 Å². The lowest BCUT2D eigenvalue weighted by Crippen LogP contribution is -1.92. The Morgan fingerprint density at radius 2 is 2.00 bits per heavy atom. The van der Waals surface area contributed by atoms with E-state index in [1.165, 1.54) is 0 Å². The molecule has 14 heavy (non-hydrogen) atoms. The number of nitrogens with zero attached hydrogens (tertiary/aromatic N) is 1. The van der Waals surface area contributed by atoms with Gasteiger partial charge in [0.25, 0.3) is 0 Å². The minimum Gasteiger partial charge on any atom is -0.508 e. The van der Waals surface area contributed by atoms with E-state index in [1.54, 1.807) is 36.5 Å². The summed E-state index contributed by atoms with van der Waals surface area (Å²) in [4.78, 5) is 0. The highest BCUT2D eigenvalue weighted by Gasteiger charge is 1.98. The summed E-state index contributed by atoms with van der Waals surface area (Å²) in [6, 6.07) is 8.24. The molecule has 0 saturated heterocycles. The molecular weight excluding hydrogens is 182 g/mol. The van der Waals surface area contributed by atoms with Crippen LogP contribution >= 0.6 is 0 Å². The van der Waals surface area contributed by atoms with Gasteiger partial charge in [0.2, 0.25) is 0 Å². The van der Waals surface area contributed by atoms with E-state index in [-0.39, 0.29) is 5.75 Å². The Morgan fingerprint density at radius 3 is 2.64 bits per heavy atom. The standard InChI is InChI=1S/C10H9NO3/c12-8-1-3-9(4-2-8)13-7-10-5-6-11-14-10/h1-6,12H,7H2. The van der Waals surface area contributed by atoms with Gasteiger partial charge in [-0.3, -0.25) is 0 Å². The number of hydrogen-bond acceptors (Lipinski definition) is 4. The van der Waals surface area contributed by atoms with Gasteiger partial charge in [0, 0.05) is 6.07 Å². The second-order valence-electron chi connectivity index (χ2n) is 2.76. The zero-order valence-electron chi connectivity index (χ0n) is 7.38. The van der Waals surface area contributed by atoms with Gasteiger partial charge in [-0.2, -0.15) is 0 Å². The van der Waals surface area contributed by atoms with Gasteiger partial charge in [-0.15, -0.1) is 0 Å². The van der Waals surface area contributed by atoms with Crippen LogP contribution in [0.5, 0.6) is 11.5 Å². The highest BCUT2D eigenvalue weighted by Crippen LogP contribution is 2.16. The number of phenolic OH excluding ortho intramolecular Hbond substituents is 1. The molecule has 2 rings (SSSR count). The van der Waals surface area contributed by atoms with Crippen molar-refractivity contribution >= 4 is 0 Å². The van der Waals surface area contributed by atoms with Gasteiger partial charge >= 0.3 is 0 Å². The second-order valence-corrected chi connectivity index (χ2v) is 2.76. The Balaban J connectivity index is 1.95. The minimum atomic E-state index is 0.219. The molecule has 0 amide bonds. The molecule has 0 saturated carbocycles. The van der Waals surface area contributed by atoms with E-state index in [9.17, 15) is 0 Å². The fraction of sp³-hybridized carbons (Fsp3) is 0.100. The van der Waals surface area contributed by atoms with Crippen molar-refractivity contribution in [3.63, 3.8) is 0 Å². The van der Waals surface area contributed by atoms with Gasteiger partial charge in [0.15, 0.2) is 5.76 Å². The highest BCUT2D eigenvalue weighted by atomic mass is 16.5. The summed E-state index contributed by atoms with van der Waals surface area (Å²) in [6.45, 7) is 0.338. The first-order valence-electron chi connectivity index (χ1n) is 4.16. The smallest absolute Gasteiger partial charge is 0.174 e. The molecule has 0 aliphatic rings. The molecule has 0 fully saturated rings. The first-order valence-corrected chi connectivity index (χ1v) is 4.16. The highest BCUT2D eigenvalue weighted by molar-refractivity contribution is 5.30. The fourth-order valence-electron chi connectivity index (χ4n) is 1.01. The number of phenols is 1. The van der Waals surface area contributed by atoms with Crippen LogP contribution in [0, 0.1) is 0 Å². The zero-order chi connectivity index (χ0) is 9.80. The predicted molar refractivity (Wildman–Crippen MR) is 48.9 cm³/mol. The lowest BCUT2D eigenvalue weighted by molar-refractivity contribution is 0.249. The SMILES string of the molecule is Oc1ccc(OCc2ccno2)cc1. The molecule has 0 bridgehead atoms. The van der Waals surface area contributed by atoms with Crippen LogP contribution in [0.15, 0.2) is 41.1 Å². The molecule has 4 heteroatoms. The first-order chi connectivity index (χ1) is 6.84. The quantitative estimate of drug-likeness (QED) is 0.805. The van der Waals surface area contributed by atoms with Crippen molar-refractivity contribution in [1.82, 2.24) is 5.16 Å². The molecule has 0 aliphatic heterocycles. The summed E-state index contributed by atoms with van der Waals surface area (Å²) < 4.78 is 10.2. The Hall–Kier alpha value is -1.97. The molecule has 1 N–H and O–H groups in total. The number of ether oxygens (including phenoxy) is 1. The van der Waals surface area contributed by atoms with Crippen molar-refractivity contribution in [2.24, 2.45) is 0 Å². The monoisotopic (exact) mass is 191 g/mol. The predicted octanol–water partition coefficient (Wildman–Crippen LogP) is 1.96. The average Bonchev–Trinajstić information content (AvgIpc) is 2.70. The third kappa shape index (κ3) is 2.04.